The lowest BCUT2D eigenvalue weighted by Gasteiger charge is -2.09. The quantitative estimate of drug-likeness (QED) is 0.215. The molecule has 4 N–H and O–H groups in total. The van der Waals surface area contributed by atoms with E-state index in [1.165, 1.54) is 0 Å². The smallest absolute Gasteiger partial charge is 0.313 e. The molecule has 0 spiro atoms. The Hall–Kier alpha value is -5.12. The van der Waals surface area contributed by atoms with Crippen molar-refractivity contribution < 1.29 is 44.3 Å². The fourth-order valence-corrected chi connectivity index (χ4v) is 8.08. The number of benzene rings is 3. The Balaban J connectivity index is 1.12. The average Bonchev–Trinajstić information content (AvgIpc) is 3.71. The van der Waals surface area contributed by atoms with E-state index in [1.807, 2.05) is 0 Å². The van der Waals surface area contributed by atoms with Gasteiger partial charge in [-0.05, 0) is 34.9 Å². The highest BCUT2D eigenvalue weighted by Gasteiger charge is 2.41. The average molecular weight is 695 g/mol. The first kappa shape index (κ1) is 31.8. The summed E-state index contributed by atoms with van der Waals surface area (Å²) in [6.07, 6.45) is -2.34. The lowest BCUT2D eigenvalue weighted by molar-refractivity contribution is -0.123. The Bertz CT molecular complexity index is 2140. The summed E-state index contributed by atoms with van der Waals surface area (Å²) in [5, 5.41) is 0. The summed E-state index contributed by atoms with van der Waals surface area (Å²) in [7, 11) is -8.54. The van der Waals surface area contributed by atoms with E-state index >= 15 is 0 Å². The van der Waals surface area contributed by atoms with E-state index in [0.29, 0.717) is 32.0 Å². The van der Waals surface area contributed by atoms with Crippen molar-refractivity contribution in [3.63, 3.8) is 0 Å². The highest BCUT2D eigenvalue weighted by atomic mass is 32.2. The van der Waals surface area contributed by atoms with Gasteiger partial charge in [-0.2, -0.15) is 16.8 Å². The number of hydrogen-bond acceptors (Lipinski definition) is 13. The molecule has 2 aliphatic heterocycles. The molecule has 3 aromatic carbocycles. The monoisotopic (exact) mass is 694 g/mol. The van der Waals surface area contributed by atoms with Gasteiger partial charge in [-0.15, -0.1) is 11.3 Å². The van der Waals surface area contributed by atoms with Crippen LogP contribution in [0.2, 0.25) is 0 Å². The van der Waals surface area contributed by atoms with Gasteiger partial charge in [0.1, 0.15) is 11.5 Å². The van der Waals surface area contributed by atoms with Gasteiger partial charge in [-0.1, -0.05) is 78.9 Å². The van der Waals surface area contributed by atoms with Gasteiger partial charge in [-0.3, -0.25) is 9.59 Å². The number of nitrogens with two attached hydrogens (primary N) is 2. The van der Waals surface area contributed by atoms with Crippen LogP contribution in [-0.2, 0) is 59.2 Å². The molecule has 15 heteroatoms. The van der Waals surface area contributed by atoms with Crippen LogP contribution < -0.4 is 11.5 Å². The summed E-state index contributed by atoms with van der Waals surface area (Å²) in [6.45, 7) is 0. The van der Waals surface area contributed by atoms with E-state index < -0.39 is 78.8 Å². The van der Waals surface area contributed by atoms with Gasteiger partial charge in [-0.25, -0.2) is 0 Å². The second-order valence-corrected chi connectivity index (χ2v) is 14.7. The summed E-state index contributed by atoms with van der Waals surface area (Å²) < 4.78 is 72.3. The van der Waals surface area contributed by atoms with Gasteiger partial charge in [0, 0.05) is 10.4 Å². The van der Waals surface area contributed by atoms with Gasteiger partial charge in [0.2, 0.25) is 35.2 Å². The maximum absolute atomic E-state index is 13.1. The van der Waals surface area contributed by atoms with Crippen molar-refractivity contribution in [3.8, 4) is 10.4 Å². The number of ketones is 2. The maximum atomic E-state index is 13.1. The summed E-state index contributed by atoms with van der Waals surface area (Å²) >= 11 is 1.16. The summed E-state index contributed by atoms with van der Waals surface area (Å²) in [4.78, 5) is 27.1. The molecule has 0 aliphatic carbocycles. The van der Waals surface area contributed by atoms with Crippen LogP contribution in [0.3, 0.4) is 0 Å². The third kappa shape index (κ3) is 7.01. The molecule has 47 heavy (non-hydrogen) atoms. The summed E-state index contributed by atoms with van der Waals surface area (Å²) in [5.74, 6) is -4.55. The lowest BCUT2D eigenvalue weighted by atomic mass is 10.1. The Morgan fingerprint density at radius 2 is 1.17 bits per heavy atom. The Morgan fingerprint density at radius 3 is 1.81 bits per heavy atom. The van der Waals surface area contributed by atoms with Crippen LogP contribution in [-0.4, -0.2) is 28.4 Å². The number of carbonyl (C=O) groups is 2. The van der Waals surface area contributed by atoms with Crippen LogP contribution in [0.5, 0.6) is 0 Å². The van der Waals surface area contributed by atoms with E-state index in [4.69, 9.17) is 29.3 Å². The highest BCUT2D eigenvalue weighted by molar-refractivity contribution is 7.86. The van der Waals surface area contributed by atoms with E-state index in [9.17, 15) is 26.4 Å². The van der Waals surface area contributed by atoms with Crippen molar-refractivity contribution in [1.82, 2.24) is 0 Å². The van der Waals surface area contributed by atoms with Crippen molar-refractivity contribution in [1.29, 1.82) is 0 Å². The first-order valence-corrected chi connectivity index (χ1v) is 17.9. The normalized spacial score (nSPS) is 18.3. The van der Waals surface area contributed by atoms with Crippen LogP contribution in [0, 0.1) is 0 Å². The predicted octanol–water partition coefficient (Wildman–Crippen LogP) is 4.04. The van der Waals surface area contributed by atoms with Gasteiger partial charge < -0.3 is 29.3 Å². The molecule has 3 heterocycles. The number of hydrogen-bond donors (Lipinski definition) is 2. The molecule has 0 fully saturated rings. The van der Waals surface area contributed by atoms with Crippen LogP contribution in [0.15, 0.2) is 120 Å². The number of thiophene rings is 1. The van der Waals surface area contributed by atoms with Crippen molar-refractivity contribution in [3.05, 3.63) is 142 Å². The zero-order valence-electron chi connectivity index (χ0n) is 24.3. The SMILES string of the molecule is NC1=C(OS(=O)(=O)Cc2cccc(-c3ccc(C4OC(N)=C(OS(=O)(=O)Cc5ccccc5)C4=O)s3)c2)C(=O)C(c2ccccc2)O1. The van der Waals surface area contributed by atoms with E-state index in [-0.39, 0.29) is 0 Å². The molecule has 6 rings (SSSR count). The molecule has 1 aromatic heterocycles. The molecule has 242 valence electrons. The van der Waals surface area contributed by atoms with E-state index in [2.05, 4.69) is 0 Å². The second kappa shape index (κ2) is 12.6. The lowest BCUT2D eigenvalue weighted by Crippen LogP contribution is -2.16. The largest absolute Gasteiger partial charge is 0.460 e. The minimum atomic E-state index is -4.33. The number of rotatable bonds is 11. The van der Waals surface area contributed by atoms with E-state index in [1.54, 1.807) is 97.1 Å². The molecule has 0 saturated heterocycles. The molecule has 2 aliphatic rings. The third-order valence-corrected chi connectivity index (χ3v) is 10.4. The third-order valence-electron chi connectivity index (χ3n) is 7.01. The first-order valence-electron chi connectivity index (χ1n) is 13.9. The standard InChI is InChI=1S/C32H26N2O10S3/c33-31-29(25(35)27(41-31)21-11-5-2-6-12-21)43-47(39,40)18-20-10-7-13-22(16-20)23-14-15-24(45-23)28-26(36)30(32(34)42-28)44-46(37,38)17-19-8-3-1-4-9-19/h1-16,27-28H,17-18,33-34H2. The Kier molecular flexibility index (Phi) is 8.53. The van der Waals surface area contributed by atoms with Crippen LogP contribution in [0.4, 0.5) is 0 Å². The van der Waals surface area contributed by atoms with Gasteiger partial charge in [0.25, 0.3) is 5.78 Å². The molecule has 2 unspecified atom stereocenters. The molecular formula is C32H26N2O10S3. The molecule has 2 atom stereocenters. The molecule has 0 bridgehead atoms. The summed E-state index contributed by atoms with van der Waals surface area (Å²) in [5.41, 5.74) is 13.6. The molecule has 12 nitrogen and oxygen atoms in total. The predicted molar refractivity (Wildman–Crippen MR) is 170 cm³/mol. The maximum Gasteiger partial charge on any atom is 0.313 e. The number of Topliss-reactive ketones (excluding diaryl/α,β-unsaturated/α-hetero) is 2. The molecular weight excluding hydrogens is 669 g/mol. The minimum absolute atomic E-state index is 0.348. The van der Waals surface area contributed by atoms with Crippen LogP contribution in [0.1, 0.15) is 33.8 Å². The number of carbonyl (C=O) groups excluding carboxylic acids is 2. The Labute approximate surface area is 274 Å². The van der Waals surface area contributed by atoms with Crippen molar-refractivity contribution in [2.24, 2.45) is 11.5 Å². The van der Waals surface area contributed by atoms with Gasteiger partial charge >= 0.3 is 20.2 Å². The fourth-order valence-electron chi connectivity index (χ4n) is 4.91. The highest BCUT2D eigenvalue weighted by Crippen LogP contribution is 2.39. The molecule has 0 saturated carbocycles. The molecule has 4 aromatic rings. The summed E-state index contributed by atoms with van der Waals surface area (Å²) in [6, 6.07) is 26.7. The topological polar surface area (TPSA) is 191 Å². The van der Waals surface area contributed by atoms with Crippen molar-refractivity contribution in [2.45, 2.75) is 23.7 Å². The first-order chi connectivity index (χ1) is 22.4. The van der Waals surface area contributed by atoms with Gasteiger partial charge in [0.05, 0.1) is 4.88 Å². The van der Waals surface area contributed by atoms with Crippen molar-refractivity contribution in [2.75, 3.05) is 0 Å². The van der Waals surface area contributed by atoms with Crippen LogP contribution >= 0.6 is 11.3 Å². The van der Waals surface area contributed by atoms with Crippen LogP contribution in [0.25, 0.3) is 10.4 Å². The Morgan fingerprint density at radius 1 is 0.638 bits per heavy atom. The molecule has 0 amide bonds. The zero-order valence-corrected chi connectivity index (χ0v) is 26.7. The molecule has 0 radical (unpaired) electrons. The second-order valence-electron chi connectivity index (χ2n) is 10.5. The van der Waals surface area contributed by atoms with Gasteiger partial charge in [0.15, 0.2) is 6.10 Å². The zero-order chi connectivity index (χ0) is 33.3. The minimum Gasteiger partial charge on any atom is -0.460 e. The van der Waals surface area contributed by atoms with Crippen molar-refractivity contribution >= 4 is 43.1 Å². The van der Waals surface area contributed by atoms with E-state index in [0.717, 1.165) is 11.3 Å². The number of ether oxygens (including phenoxy) is 2. The fraction of sp³-hybridized carbons (Fsp3) is 0.125.